The number of ether oxygens (including phenoxy) is 2. The van der Waals surface area contributed by atoms with Gasteiger partial charge in [-0.2, -0.15) is 5.26 Å². The average molecular weight is 485 g/mol. The fourth-order valence-electron chi connectivity index (χ4n) is 4.52. The van der Waals surface area contributed by atoms with Gasteiger partial charge in [0, 0.05) is 40.3 Å². The van der Waals surface area contributed by atoms with Crippen LogP contribution in [0.5, 0.6) is 5.75 Å². The van der Waals surface area contributed by atoms with Crippen molar-refractivity contribution in [2.45, 2.75) is 27.7 Å². The van der Waals surface area contributed by atoms with Crippen molar-refractivity contribution < 1.29 is 9.47 Å². The fourth-order valence-corrected chi connectivity index (χ4v) is 4.52. The van der Waals surface area contributed by atoms with Crippen LogP contribution in [0.25, 0.3) is 5.57 Å². The molecule has 37 heavy (non-hydrogen) atoms. The Labute approximate surface area is 218 Å². The van der Waals surface area contributed by atoms with Crippen molar-refractivity contribution in [2.75, 3.05) is 4.90 Å². The van der Waals surface area contributed by atoms with Gasteiger partial charge < -0.3 is 14.4 Å². The van der Waals surface area contributed by atoms with E-state index in [-0.39, 0.29) is 0 Å². The fraction of sp³-hybridized carbons (Fsp3) is 0.121. The summed E-state index contributed by atoms with van der Waals surface area (Å²) in [7, 11) is 0. The number of anilines is 3. The predicted molar refractivity (Wildman–Crippen MR) is 149 cm³/mol. The highest BCUT2D eigenvalue weighted by molar-refractivity contribution is 5.81. The number of benzene rings is 3. The molecule has 0 aromatic heterocycles. The van der Waals surface area contributed by atoms with Crippen LogP contribution in [0.3, 0.4) is 0 Å². The van der Waals surface area contributed by atoms with E-state index in [1.54, 1.807) is 6.92 Å². The molecule has 0 bridgehead atoms. The maximum atomic E-state index is 9.31. The smallest absolute Gasteiger partial charge is 0.137 e. The summed E-state index contributed by atoms with van der Waals surface area (Å²) in [6, 6.07) is 27.4. The largest absolute Gasteiger partial charge is 0.462 e. The van der Waals surface area contributed by atoms with Crippen LogP contribution in [0.4, 0.5) is 17.1 Å². The first-order valence-electron chi connectivity index (χ1n) is 12.2. The Balaban J connectivity index is 1.54. The molecule has 0 amide bonds. The monoisotopic (exact) mass is 484 g/mol. The summed E-state index contributed by atoms with van der Waals surface area (Å²) in [6.45, 7) is 7.86. The molecule has 0 fully saturated rings. The molecule has 2 aliphatic heterocycles. The van der Waals surface area contributed by atoms with Gasteiger partial charge in [0.2, 0.25) is 0 Å². The second-order valence-electron chi connectivity index (χ2n) is 9.26. The topological polar surface area (TPSA) is 45.5 Å². The van der Waals surface area contributed by atoms with Crippen LogP contribution in [0, 0.1) is 18.3 Å². The third-order valence-electron chi connectivity index (χ3n) is 6.33. The van der Waals surface area contributed by atoms with Crippen molar-refractivity contribution in [3.05, 3.63) is 137 Å². The van der Waals surface area contributed by atoms with Gasteiger partial charge in [-0.05, 0) is 99.0 Å². The van der Waals surface area contributed by atoms with Crippen molar-refractivity contribution in [3.63, 3.8) is 0 Å². The van der Waals surface area contributed by atoms with Crippen molar-refractivity contribution in [3.8, 4) is 11.8 Å². The Morgan fingerprint density at radius 2 is 1.57 bits per heavy atom. The van der Waals surface area contributed by atoms with Crippen molar-refractivity contribution in [1.29, 1.82) is 5.26 Å². The van der Waals surface area contributed by atoms with Gasteiger partial charge in [-0.25, -0.2) is 0 Å². The number of hydrogen-bond donors (Lipinski definition) is 0. The summed E-state index contributed by atoms with van der Waals surface area (Å²) in [6.07, 6.45) is 7.62. The minimum Gasteiger partial charge on any atom is -0.462 e. The number of nitriles is 1. The lowest BCUT2D eigenvalue weighted by atomic mass is 10.0. The van der Waals surface area contributed by atoms with E-state index in [1.807, 2.05) is 49.4 Å². The quantitative estimate of drug-likeness (QED) is 0.347. The molecule has 0 spiro atoms. The first-order valence-corrected chi connectivity index (χ1v) is 12.2. The summed E-state index contributed by atoms with van der Waals surface area (Å²) >= 11 is 0. The van der Waals surface area contributed by atoms with Gasteiger partial charge in [0.1, 0.15) is 23.0 Å². The lowest BCUT2D eigenvalue weighted by Gasteiger charge is -2.27. The highest BCUT2D eigenvalue weighted by Gasteiger charge is 2.20. The molecule has 4 heteroatoms. The second kappa shape index (κ2) is 10.1. The Morgan fingerprint density at radius 3 is 2.32 bits per heavy atom. The van der Waals surface area contributed by atoms with Gasteiger partial charge in [0.25, 0.3) is 0 Å². The first kappa shape index (κ1) is 24.0. The van der Waals surface area contributed by atoms with Gasteiger partial charge in [-0.3, -0.25) is 0 Å². The number of hydrogen-bond acceptors (Lipinski definition) is 4. The number of rotatable bonds is 4. The van der Waals surface area contributed by atoms with Crippen LogP contribution in [0.2, 0.25) is 0 Å². The van der Waals surface area contributed by atoms with Crippen molar-refractivity contribution >= 4 is 22.6 Å². The summed E-state index contributed by atoms with van der Waals surface area (Å²) < 4.78 is 12.3. The van der Waals surface area contributed by atoms with Gasteiger partial charge in [0.05, 0.1) is 6.07 Å². The van der Waals surface area contributed by atoms with Gasteiger partial charge in [0.15, 0.2) is 0 Å². The van der Waals surface area contributed by atoms with E-state index < -0.39 is 0 Å². The Hall–Kier alpha value is -4.75. The Bertz CT molecular complexity index is 1560. The standard InChI is InChI=1S/C33H28N2O2/c1-22-9-8-12-28(15-22)35(27-10-6-5-7-11-27)29-13-14-32-23(2)16-30(37-33(32)19-29)20-31-18-26(24(3)21-34)17-25(4)36-31/h5-20H,1-4H3. The molecule has 5 rings (SSSR count). The minimum atomic E-state index is 0.633. The number of aryl methyl sites for hydroxylation is 1. The molecule has 2 heterocycles. The first-order chi connectivity index (χ1) is 17.9. The highest BCUT2D eigenvalue weighted by atomic mass is 16.5. The maximum absolute atomic E-state index is 9.31. The zero-order valence-electron chi connectivity index (χ0n) is 21.4. The number of fused-ring (bicyclic) bond motifs is 1. The van der Waals surface area contributed by atoms with E-state index in [2.05, 4.69) is 79.4 Å². The maximum Gasteiger partial charge on any atom is 0.137 e. The Morgan fingerprint density at radius 1 is 0.811 bits per heavy atom. The lowest BCUT2D eigenvalue weighted by molar-refractivity contribution is 0.313. The molecular weight excluding hydrogens is 456 g/mol. The molecule has 0 saturated heterocycles. The molecule has 3 aromatic carbocycles. The predicted octanol–water partition coefficient (Wildman–Crippen LogP) is 8.80. The molecule has 0 unspecified atom stereocenters. The average Bonchev–Trinajstić information content (AvgIpc) is 2.88. The number of allylic oxidation sites excluding steroid dienone is 8. The van der Waals surface area contributed by atoms with Crippen LogP contribution in [-0.4, -0.2) is 0 Å². The molecule has 2 aliphatic rings. The molecular formula is C33H28N2O2. The van der Waals surface area contributed by atoms with Crippen LogP contribution in [-0.2, 0) is 4.74 Å². The zero-order valence-corrected chi connectivity index (χ0v) is 21.4. The van der Waals surface area contributed by atoms with E-state index in [0.29, 0.717) is 17.1 Å². The highest BCUT2D eigenvalue weighted by Crippen LogP contribution is 2.41. The molecule has 0 aliphatic carbocycles. The molecule has 3 aromatic rings. The van der Waals surface area contributed by atoms with Gasteiger partial charge in [-0.1, -0.05) is 30.3 Å². The SMILES string of the molecule is CC1=CC(=C(C)C#N)C=C(C=C2C=C(C)c3ccc(N(c4ccccc4)c4cccc(C)c4)cc3O2)O1. The molecule has 0 atom stereocenters. The van der Waals surface area contributed by atoms with Crippen LogP contribution >= 0.6 is 0 Å². The third-order valence-corrected chi connectivity index (χ3v) is 6.33. The van der Waals surface area contributed by atoms with Gasteiger partial charge >= 0.3 is 0 Å². The minimum absolute atomic E-state index is 0.633. The second-order valence-corrected chi connectivity index (χ2v) is 9.26. The van der Waals surface area contributed by atoms with E-state index in [9.17, 15) is 5.26 Å². The number of nitrogens with zero attached hydrogens (tertiary/aromatic N) is 2. The molecule has 182 valence electrons. The summed E-state index contributed by atoms with van der Waals surface area (Å²) in [5, 5.41) is 9.31. The van der Waals surface area contributed by atoms with Crippen molar-refractivity contribution in [1.82, 2.24) is 0 Å². The van der Waals surface area contributed by atoms with Crippen LogP contribution in [0.1, 0.15) is 31.9 Å². The van der Waals surface area contributed by atoms with E-state index in [4.69, 9.17) is 9.47 Å². The molecule has 4 nitrogen and oxygen atoms in total. The molecule has 0 N–H and O–H groups in total. The Kier molecular flexibility index (Phi) is 6.53. The van der Waals surface area contributed by atoms with E-state index in [1.165, 1.54) is 5.56 Å². The summed E-state index contributed by atoms with van der Waals surface area (Å²) in [4.78, 5) is 2.23. The van der Waals surface area contributed by atoms with Gasteiger partial charge in [-0.15, -0.1) is 0 Å². The van der Waals surface area contributed by atoms with Crippen molar-refractivity contribution in [2.24, 2.45) is 0 Å². The van der Waals surface area contributed by atoms with E-state index in [0.717, 1.165) is 45.3 Å². The number of para-hydroxylation sites is 1. The lowest BCUT2D eigenvalue weighted by Crippen LogP contribution is -2.11. The van der Waals surface area contributed by atoms with E-state index >= 15 is 0 Å². The van der Waals surface area contributed by atoms with Crippen LogP contribution < -0.4 is 9.64 Å². The normalized spacial score (nSPS) is 16.8. The zero-order chi connectivity index (χ0) is 25.9. The van der Waals surface area contributed by atoms with Crippen LogP contribution in [0.15, 0.2) is 126 Å². The summed E-state index contributed by atoms with van der Waals surface area (Å²) in [5.41, 5.74) is 7.99. The molecule has 0 radical (unpaired) electrons. The summed E-state index contributed by atoms with van der Waals surface area (Å²) in [5.74, 6) is 2.83. The third kappa shape index (κ3) is 5.12. The molecule has 0 saturated carbocycles.